The summed E-state index contributed by atoms with van der Waals surface area (Å²) in [5.41, 5.74) is 2.38. The van der Waals surface area contributed by atoms with Crippen molar-refractivity contribution in [3.8, 4) is 0 Å². The number of hydrogen-bond acceptors (Lipinski definition) is 3. The lowest BCUT2D eigenvalue weighted by atomic mass is 9.78. The highest BCUT2D eigenvalue weighted by atomic mass is 32.2. The topological polar surface area (TPSA) is 66.5 Å². The van der Waals surface area contributed by atoms with Crippen LogP contribution in [0.4, 0.5) is 0 Å². The van der Waals surface area contributed by atoms with Crippen LogP contribution in [0.1, 0.15) is 76.3 Å². The van der Waals surface area contributed by atoms with Gasteiger partial charge in [0.2, 0.25) is 15.9 Å². The summed E-state index contributed by atoms with van der Waals surface area (Å²) in [5, 5.41) is 3.30. The smallest absolute Gasteiger partial charge is 0.243 e. The minimum absolute atomic E-state index is 0.0869. The molecule has 1 aromatic carbocycles. The zero-order valence-electron chi connectivity index (χ0n) is 18.5. The van der Waals surface area contributed by atoms with Crippen LogP contribution in [-0.2, 0) is 27.7 Å². The van der Waals surface area contributed by atoms with Crippen molar-refractivity contribution in [1.29, 1.82) is 0 Å². The Kier molecular flexibility index (Phi) is 6.27. The van der Waals surface area contributed by atoms with Gasteiger partial charge in [-0.25, -0.2) is 8.42 Å². The van der Waals surface area contributed by atoms with E-state index in [2.05, 4.69) is 19.2 Å². The highest BCUT2D eigenvalue weighted by molar-refractivity contribution is 7.89. The molecule has 1 heterocycles. The number of rotatable bonds is 4. The van der Waals surface area contributed by atoms with Crippen LogP contribution in [-0.4, -0.2) is 37.3 Å². The molecule has 2 aliphatic carbocycles. The van der Waals surface area contributed by atoms with E-state index in [0.29, 0.717) is 30.8 Å². The number of carbonyl (C=O) groups is 1. The van der Waals surface area contributed by atoms with Crippen LogP contribution in [0.15, 0.2) is 23.1 Å². The number of piperidine rings is 1. The van der Waals surface area contributed by atoms with Crippen molar-refractivity contribution in [2.45, 2.75) is 88.5 Å². The zero-order chi connectivity index (χ0) is 21.4. The molecule has 3 aliphatic rings. The fourth-order valence-corrected chi connectivity index (χ4v) is 6.82. The van der Waals surface area contributed by atoms with E-state index < -0.39 is 10.0 Å². The Hall–Kier alpha value is -1.40. The average Bonchev–Trinajstić information content (AvgIpc) is 2.75. The minimum atomic E-state index is -3.49. The third-order valence-electron chi connectivity index (χ3n) is 7.59. The van der Waals surface area contributed by atoms with Crippen LogP contribution >= 0.6 is 0 Å². The summed E-state index contributed by atoms with van der Waals surface area (Å²) in [5.74, 6) is 0.765. The molecular formula is C24H36N2O3S. The molecule has 1 saturated heterocycles. The molecule has 2 fully saturated rings. The van der Waals surface area contributed by atoms with Crippen molar-refractivity contribution in [2.75, 3.05) is 13.1 Å². The summed E-state index contributed by atoms with van der Waals surface area (Å²) >= 11 is 0. The van der Waals surface area contributed by atoms with Gasteiger partial charge < -0.3 is 5.32 Å². The second kappa shape index (κ2) is 8.62. The first-order valence-corrected chi connectivity index (χ1v) is 13.1. The number of fused-ring (bicyclic) bond motifs is 1. The number of nitrogens with one attached hydrogen (secondary N) is 1. The van der Waals surface area contributed by atoms with E-state index in [9.17, 15) is 13.2 Å². The Balaban J connectivity index is 1.36. The molecule has 0 radical (unpaired) electrons. The van der Waals surface area contributed by atoms with Gasteiger partial charge in [-0.3, -0.25) is 4.79 Å². The largest absolute Gasteiger partial charge is 0.351 e. The molecule has 30 heavy (non-hydrogen) atoms. The van der Waals surface area contributed by atoms with Crippen molar-refractivity contribution >= 4 is 15.9 Å². The minimum Gasteiger partial charge on any atom is -0.351 e. The van der Waals surface area contributed by atoms with Crippen molar-refractivity contribution < 1.29 is 13.2 Å². The van der Waals surface area contributed by atoms with Crippen molar-refractivity contribution in [3.05, 3.63) is 29.3 Å². The highest BCUT2D eigenvalue weighted by Crippen LogP contribution is 2.33. The van der Waals surface area contributed by atoms with E-state index >= 15 is 0 Å². The highest BCUT2D eigenvalue weighted by Gasteiger charge is 2.36. The van der Waals surface area contributed by atoms with Crippen molar-refractivity contribution in [2.24, 2.45) is 11.8 Å². The van der Waals surface area contributed by atoms with Gasteiger partial charge in [0.25, 0.3) is 0 Å². The summed E-state index contributed by atoms with van der Waals surface area (Å²) in [6.07, 6.45) is 9.93. The first-order valence-electron chi connectivity index (χ1n) is 11.7. The van der Waals surface area contributed by atoms with Crippen LogP contribution in [0, 0.1) is 11.8 Å². The molecule has 1 aromatic rings. The van der Waals surface area contributed by atoms with Gasteiger partial charge in [0.1, 0.15) is 0 Å². The van der Waals surface area contributed by atoms with Crippen LogP contribution in [0.25, 0.3) is 0 Å². The number of aryl methyl sites for hydroxylation is 2. The molecule has 5 nitrogen and oxygen atoms in total. The average molecular weight is 433 g/mol. The maximum absolute atomic E-state index is 13.2. The van der Waals surface area contributed by atoms with E-state index in [1.807, 2.05) is 12.1 Å². The second-order valence-corrected chi connectivity index (χ2v) is 12.0. The zero-order valence-corrected chi connectivity index (χ0v) is 19.3. The van der Waals surface area contributed by atoms with Crippen molar-refractivity contribution in [1.82, 2.24) is 9.62 Å². The molecule has 1 amide bonds. The maximum atomic E-state index is 13.2. The Morgan fingerprint density at radius 3 is 2.33 bits per heavy atom. The lowest BCUT2D eigenvalue weighted by Crippen LogP contribution is -2.52. The number of benzene rings is 1. The standard InChI is InChI=1S/C24H36N2O3S/c1-18-9-13-24(2,14-10-18)25-23(27)20-11-15-26(16-12-20)30(28,29)22-8-7-19-5-3-4-6-21(19)17-22/h7-8,17-18,20H,3-6,9-16H2,1-2H3,(H,25,27). The Bertz CT molecular complexity index is 880. The quantitative estimate of drug-likeness (QED) is 0.780. The Morgan fingerprint density at radius 1 is 1.03 bits per heavy atom. The van der Waals surface area contributed by atoms with Crippen LogP contribution in [0.3, 0.4) is 0 Å². The fourth-order valence-electron chi connectivity index (χ4n) is 5.30. The molecule has 0 unspecified atom stereocenters. The molecule has 0 aromatic heterocycles. The number of hydrogen-bond donors (Lipinski definition) is 1. The molecule has 166 valence electrons. The third-order valence-corrected chi connectivity index (χ3v) is 9.48. The van der Waals surface area contributed by atoms with Gasteiger partial charge in [-0.2, -0.15) is 4.31 Å². The van der Waals surface area contributed by atoms with Gasteiger partial charge in [0.05, 0.1) is 4.90 Å². The third kappa shape index (κ3) is 4.59. The van der Waals surface area contributed by atoms with Gasteiger partial charge in [-0.05, 0) is 100 Å². The van der Waals surface area contributed by atoms with E-state index in [-0.39, 0.29) is 17.4 Å². The molecule has 1 aliphatic heterocycles. The number of carbonyl (C=O) groups excluding carboxylic acids is 1. The SMILES string of the molecule is CC1CCC(C)(NC(=O)C2CCN(S(=O)(=O)c3ccc4c(c3)CCCC4)CC2)CC1. The molecule has 0 bridgehead atoms. The normalized spacial score (nSPS) is 28.7. The first kappa shape index (κ1) is 21.8. The van der Waals surface area contributed by atoms with Gasteiger partial charge in [0, 0.05) is 24.5 Å². The first-order chi connectivity index (χ1) is 14.3. The summed E-state index contributed by atoms with van der Waals surface area (Å²) in [7, 11) is -3.49. The predicted molar refractivity (Wildman–Crippen MR) is 119 cm³/mol. The Labute approximate surface area is 181 Å². The number of amides is 1. The van der Waals surface area contributed by atoms with Crippen LogP contribution < -0.4 is 5.32 Å². The maximum Gasteiger partial charge on any atom is 0.243 e. The Morgan fingerprint density at radius 2 is 1.67 bits per heavy atom. The van der Waals surface area contributed by atoms with E-state index in [0.717, 1.165) is 50.9 Å². The van der Waals surface area contributed by atoms with Crippen molar-refractivity contribution in [3.63, 3.8) is 0 Å². The molecule has 6 heteroatoms. The van der Waals surface area contributed by atoms with Gasteiger partial charge in [0.15, 0.2) is 0 Å². The van der Waals surface area contributed by atoms with Crippen LogP contribution in [0.2, 0.25) is 0 Å². The molecule has 4 rings (SSSR count). The lowest BCUT2D eigenvalue weighted by Gasteiger charge is -2.39. The fraction of sp³-hybridized carbons (Fsp3) is 0.708. The molecule has 0 atom stereocenters. The monoisotopic (exact) mass is 432 g/mol. The molecular weight excluding hydrogens is 396 g/mol. The number of sulfonamides is 1. The van der Waals surface area contributed by atoms with Gasteiger partial charge >= 0.3 is 0 Å². The summed E-state index contributed by atoms with van der Waals surface area (Å²) in [6, 6.07) is 5.64. The predicted octanol–water partition coefficient (Wildman–Crippen LogP) is 4.05. The van der Waals surface area contributed by atoms with E-state index in [4.69, 9.17) is 0 Å². The second-order valence-electron chi connectivity index (χ2n) is 10.0. The molecule has 1 saturated carbocycles. The summed E-state index contributed by atoms with van der Waals surface area (Å²) < 4.78 is 27.9. The number of nitrogens with zero attached hydrogens (tertiary/aromatic N) is 1. The summed E-state index contributed by atoms with van der Waals surface area (Å²) in [6.45, 7) is 5.28. The van der Waals surface area contributed by atoms with Crippen LogP contribution in [0.5, 0.6) is 0 Å². The van der Waals surface area contributed by atoms with E-state index in [1.165, 1.54) is 17.5 Å². The molecule has 1 N–H and O–H groups in total. The van der Waals surface area contributed by atoms with E-state index in [1.54, 1.807) is 10.4 Å². The van der Waals surface area contributed by atoms with Gasteiger partial charge in [-0.1, -0.05) is 13.0 Å². The van der Waals surface area contributed by atoms with Gasteiger partial charge in [-0.15, -0.1) is 0 Å². The summed E-state index contributed by atoms with van der Waals surface area (Å²) in [4.78, 5) is 13.3. The molecule has 0 spiro atoms. The lowest BCUT2D eigenvalue weighted by molar-refractivity contribution is -0.128.